The van der Waals surface area contributed by atoms with Crippen LogP contribution in [0.15, 0.2) is 10.2 Å². The molecular formula is C13H20N2O3S. The van der Waals surface area contributed by atoms with Crippen molar-refractivity contribution in [1.82, 2.24) is 9.88 Å². The number of thiazole rings is 1. The molecule has 1 aliphatic carbocycles. The molecule has 0 radical (unpaired) electrons. The van der Waals surface area contributed by atoms with Gasteiger partial charge in [0.1, 0.15) is 6.54 Å². The van der Waals surface area contributed by atoms with Crippen molar-refractivity contribution in [2.45, 2.75) is 45.3 Å². The number of aliphatic hydroxyl groups excluding tert-OH is 1. The van der Waals surface area contributed by atoms with E-state index in [4.69, 9.17) is 0 Å². The number of nitrogens with one attached hydrogen (secondary N) is 1. The summed E-state index contributed by atoms with van der Waals surface area (Å²) in [5.41, 5.74) is 0.808. The molecule has 1 heterocycles. The van der Waals surface area contributed by atoms with Crippen LogP contribution >= 0.6 is 11.3 Å². The molecule has 19 heavy (non-hydrogen) atoms. The maximum atomic E-state index is 11.8. The summed E-state index contributed by atoms with van der Waals surface area (Å²) in [7, 11) is 0. The number of carbonyl (C=O) groups is 1. The number of amides is 1. The van der Waals surface area contributed by atoms with Crippen molar-refractivity contribution in [2.75, 3.05) is 6.54 Å². The summed E-state index contributed by atoms with van der Waals surface area (Å²) in [5, 5.41) is 14.4. The van der Waals surface area contributed by atoms with Gasteiger partial charge < -0.3 is 10.4 Å². The molecule has 2 N–H and O–H groups in total. The molecule has 2 unspecified atom stereocenters. The number of aromatic nitrogens is 1. The average Bonchev–Trinajstić information content (AvgIpc) is 2.70. The number of aryl methyl sites for hydroxylation is 1. The SMILES string of the molecule is Cc1csc(=O)n1CC(=O)NCC1CCCCC1O. The lowest BCUT2D eigenvalue weighted by Gasteiger charge is -2.27. The topological polar surface area (TPSA) is 71.3 Å². The van der Waals surface area contributed by atoms with E-state index in [9.17, 15) is 14.7 Å². The third kappa shape index (κ3) is 3.67. The van der Waals surface area contributed by atoms with E-state index in [-0.39, 0.29) is 29.3 Å². The van der Waals surface area contributed by atoms with Gasteiger partial charge in [0.2, 0.25) is 5.91 Å². The fraction of sp³-hybridized carbons (Fsp3) is 0.692. The smallest absolute Gasteiger partial charge is 0.307 e. The van der Waals surface area contributed by atoms with Gasteiger partial charge in [-0.15, -0.1) is 0 Å². The minimum atomic E-state index is -0.306. The highest BCUT2D eigenvalue weighted by atomic mass is 32.1. The normalized spacial score (nSPS) is 23.3. The Labute approximate surface area is 116 Å². The van der Waals surface area contributed by atoms with Crippen molar-refractivity contribution in [2.24, 2.45) is 5.92 Å². The van der Waals surface area contributed by atoms with E-state index in [0.717, 1.165) is 42.7 Å². The molecule has 1 fully saturated rings. The largest absolute Gasteiger partial charge is 0.393 e. The maximum Gasteiger partial charge on any atom is 0.307 e. The zero-order valence-electron chi connectivity index (χ0n) is 11.1. The zero-order chi connectivity index (χ0) is 13.8. The highest BCUT2D eigenvalue weighted by molar-refractivity contribution is 7.07. The van der Waals surface area contributed by atoms with Gasteiger partial charge in [-0.2, -0.15) is 0 Å². The fourth-order valence-electron chi connectivity index (χ4n) is 2.47. The van der Waals surface area contributed by atoms with Gasteiger partial charge in [-0.05, 0) is 19.8 Å². The van der Waals surface area contributed by atoms with Crippen LogP contribution in [0.4, 0.5) is 0 Å². The Hall–Kier alpha value is -1.14. The summed E-state index contributed by atoms with van der Waals surface area (Å²) in [6.45, 7) is 2.38. The van der Waals surface area contributed by atoms with Gasteiger partial charge in [0, 0.05) is 23.5 Å². The van der Waals surface area contributed by atoms with Gasteiger partial charge in [-0.1, -0.05) is 24.2 Å². The van der Waals surface area contributed by atoms with E-state index in [1.807, 2.05) is 6.92 Å². The standard InChI is InChI=1S/C13H20N2O3S/c1-9-8-19-13(18)15(9)7-12(17)14-6-10-4-2-3-5-11(10)16/h8,10-11,16H,2-7H2,1H3,(H,14,17). The Morgan fingerprint density at radius 1 is 1.53 bits per heavy atom. The monoisotopic (exact) mass is 284 g/mol. The summed E-state index contributed by atoms with van der Waals surface area (Å²) >= 11 is 1.11. The number of rotatable bonds is 4. The molecule has 2 atom stereocenters. The molecule has 0 aromatic carbocycles. The lowest BCUT2D eigenvalue weighted by molar-refractivity contribution is -0.122. The Kier molecular flexibility index (Phi) is 4.76. The summed E-state index contributed by atoms with van der Waals surface area (Å²) in [6, 6.07) is 0. The lowest BCUT2D eigenvalue weighted by atomic mass is 9.86. The number of hydrogen-bond acceptors (Lipinski definition) is 4. The van der Waals surface area contributed by atoms with E-state index in [1.165, 1.54) is 4.57 Å². The number of aliphatic hydroxyl groups is 1. The predicted molar refractivity (Wildman–Crippen MR) is 74.3 cm³/mol. The molecule has 1 amide bonds. The third-order valence-electron chi connectivity index (χ3n) is 3.71. The Morgan fingerprint density at radius 3 is 2.89 bits per heavy atom. The number of nitrogens with zero attached hydrogens (tertiary/aromatic N) is 1. The van der Waals surface area contributed by atoms with Gasteiger partial charge >= 0.3 is 4.87 Å². The van der Waals surface area contributed by atoms with Crippen LogP contribution in [-0.4, -0.2) is 28.2 Å². The van der Waals surface area contributed by atoms with Crippen LogP contribution in [0.1, 0.15) is 31.4 Å². The quantitative estimate of drug-likeness (QED) is 0.862. The second kappa shape index (κ2) is 6.34. The Morgan fingerprint density at radius 2 is 2.26 bits per heavy atom. The first-order valence-corrected chi connectivity index (χ1v) is 7.55. The molecule has 0 spiro atoms. The molecule has 0 bridgehead atoms. The molecule has 0 aliphatic heterocycles. The van der Waals surface area contributed by atoms with Crippen molar-refractivity contribution in [1.29, 1.82) is 0 Å². The van der Waals surface area contributed by atoms with Crippen molar-refractivity contribution in [3.05, 3.63) is 20.7 Å². The predicted octanol–water partition coefficient (Wildman–Crippen LogP) is 0.886. The summed E-state index contributed by atoms with van der Waals surface area (Å²) in [5.74, 6) is -0.0145. The maximum absolute atomic E-state index is 11.8. The van der Waals surface area contributed by atoms with Crippen LogP contribution in [0.2, 0.25) is 0 Å². The third-order valence-corrected chi connectivity index (χ3v) is 4.59. The van der Waals surface area contributed by atoms with E-state index < -0.39 is 0 Å². The number of hydrogen-bond donors (Lipinski definition) is 2. The molecule has 1 aliphatic rings. The summed E-state index contributed by atoms with van der Waals surface area (Å²) in [6.07, 6.45) is 3.65. The molecule has 1 aromatic heterocycles. The summed E-state index contributed by atoms with van der Waals surface area (Å²) < 4.78 is 1.47. The van der Waals surface area contributed by atoms with Crippen LogP contribution in [0, 0.1) is 12.8 Å². The molecule has 5 nitrogen and oxygen atoms in total. The van der Waals surface area contributed by atoms with E-state index >= 15 is 0 Å². The fourth-order valence-corrected chi connectivity index (χ4v) is 3.20. The van der Waals surface area contributed by atoms with Gasteiger partial charge in [0.05, 0.1) is 6.10 Å². The van der Waals surface area contributed by atoms with Gasteiger partial charge in [-0.3, -0.25) is 14.2 Å². The van der Waals surface area contributed by atoms with Crippen LogP contribution in [-0.2, 0) is 11.3 Å². The number of carbonyl (C=O) groups excluding carboxylic acids is 1. The zero-order valence-corrected chi connectivity index (χ0v) is 11.9. The first-order chi connectivity index (χ1) is 9.08. The van der Waals surface area contributed by atoms with Gasteiger partial charge in [-0.25, -0.2) is 0 Å². The van der Waals surface area contributed by atoms with Gasteiger partial charge in [0.25, 0.3) is 0 Å². The first-order valence-electron chi connectivity index (χ1n) is 6.67. The van der Waals surface area contributed by atoms with Crippen molar-refractivity contribution < 1.29 is 9.90 Å². The summed E-state index contributed by atoms with van der Waals surface area (Å²) in [4.78, 5) is 23.2. The second-order valence-corrected chi connectivity index (χ2v) is 5.97. The Balaban J connectivity index is 1.83. The minimum Gasteiger partial charge on any atom is -0.393 e. The second-order valence-electron chi connectivity index (χ2n) is 5.15. The molecule has 2 rings (SSSR count). The van der Waals surface area contributed by atoms with E-state index in [2.05, 4.69) is 5.32 Å². The van der Waals surface area contributed by atoms with Crippen molar-refractivity contribution in [3.8, 4) is 0 Å². The Bertz CT molecular complexity index is 494. The van der Waals surface area contributed by atoms with E-state index in [1.54, 1.807) is 5.38 Å². The highest BCUT2D eigenvalue weighted by Crippen LogP contribution is 2.23. The molecule has 106 valence electrons. The van der Waals surface area contributed by atoms with Gasteiger partial charge in [0.15, 0.2) is 0 Å². The highest BCUT2D eigenvalue weighted by Gasteiger charge is 2.23. The molecular weight excluding hydrogens is 264 g/mol. The average molecular weight is 284 g/mol. The molecule has 0 saturated heterocycles. The molecule has 1 saturated carbocycles. The van der Waals surface area contributed by atoms with E-state index in [0.29, 0.717) is 6.54 Å². The van der Waals surface area contributed by atoms with Crippen molar-refractivity contribution in [3.63, 3.8) is 0 Å². The van der Waals surface area contributed by atoms with Crippen LogP contribution in [0.5, 0.6) is 0 Å². The van der Waals surface area contributed by atoms with Crippen molar-refractivity contribution >= 4 is 17.2 Å². The first kappa shape index (κ1) is 14.3. The van der Waals surface area contributed by atoms with Crippen LogP contribution in [0.3, 0.4) is 0 Å². The molecule has 6 heteroatoms. The van der Waals surface area contributed by atoms with Crippen LogP contribution in [0.25, 0.3) is 0 Å². The van der Waals surface area contributed by atoms with Crippen LogP contribution < -0.4 is 10.2 Å². The minimum absolute atomic E-state index is 0.0665. The molecule has 1 aromatic rings. The lowest BCUT2D eigenvalue weighted by Crippen LogP contribution is -2.38.